The van der Waals surface area contributed by atoms with Crippen molar-refractivity contribution in [1.29, 1.82) is 0 Å². The summed E-state index contributed by atoms with van der Waals surface area (Å²) in [6, 6.07) is 8.07. The molecular weight excluding hydrogens is 238 g/mol. The third-order valence-corrected chi connectivity index (χ3v) is 3.72. The lowest BCUT2D eigenvalue weighted by molar-refractivity contribution is 0.666. The van der Waals surface area contributed by atoms with E-state index in [0.717, 1.165) is 29.6 Å². The minimum Gasteiger partial charge on any atom is -0.316 e. The largest absolute Gasteiger partial charge is 0.316 e. The molecule has 1 nitrogen and oxygen atoms in total. The summed E-state index contributed by atoms with van der Waals surface area (Å²) in [4.78, 5) is 0. The Morgan fingerprint density at radius 1 is 1.25 bits per heavy atom. The summed E-state index contributed by atoms with van der Waals surface area (Å²) >= 11 is 8.01. The van der Waals surface area contributed by atoms with Crippen LogP contribution in [0.1, 0.15) is 25.3 Å². The molecule has 0 aliphatic heterocycles. The molecule has 1 rings (SSSR count). The van der Waals surface area contributed by atoms with Crippen molar-refractivity contribution in [2.24, 2.45) is 0 Å². The number of thioether (sulfide) groups is 1. The summed E-state index contributed by atoms with van der Waals surface area (Å²) in [5.74, 6) is 2.16. The zero-order valence-electron chi connectivity index (χ0n) is 9.84. The number of halogens is 1. The fourth-order valence-corrected chi connectivity index (χ4v) is 2.56. The maximum Gasteiger partial charge on any atom is 0.0446 e. The van der Waals surface area contributed by atoms with Crippen molar-refractivity contribution < 1.29 is 0 Å². The van der Waals surface area contributed by atoms with Crippen molar-refractivity contribution in [1.82, 2.24) is 5.32 Å². The zero-order chi connectivity index (χ0) is 11.6. The molecule has 0 saturated carbocycles. The predicted molar refractivity (Wildman–Crippen MR) is 75.4 cm³/mol. The molecule has 0 saturated heterocycles. The van der Waals surface area contributed by atoms with Crippen LogP contribution >= 0.6 is 23.4 Å². The Morgan fingerprint density at radius 3 is 2.81 bits per heavy atom. The van der Waals surface area contributed by atoms with E-state index >= 15 is 0 Å². The standard InChI is InChI=1S/C13H20ClNS/c1-2-3-8-15-9-10-16-11-12-6-4-5-7-13(12)14/h4-7,15H,2-3,8-11H2,1H3. The minimum absolute atomic E-state index is 0.883. The Bertz CT molecular complexity index is 291. The van der Waals surface area contributed by atoms with Gasteiger partial charge in [0.15, 0.2) is 0 Å². The Kier molecular flexibility index (Phi) is 7.73. The Balaban J connectivity index is 2.05. The van der Waals surface area contributed by atoms with Crippen LogP contribution in [-0.2, 0) is 5.75 Å². The summed E-state index contributed by atoms with van der Waals surface area (Å²) in [6.07, 6.45) is 2.54. The van der Waals surface area contributed by atoms with E-state index < -0.39 is 0 Å². The van der Waals surface area contributed by atoms with E-state index in [1.165, 1.54) is 18.4 Å². The highest BCUT2D eigenvalue weighted by molar-refractivity contribution is 7.98. The molecule has 0 bridgehead atoms. The second-order valence-electron chi connectivity index (χ2n) is 3.75. The van der Waals surface area contributed by atoms with Crippen LogP contribution in [0.2, 0.25) is 5.02 Å². The van der Waals surface area contributed by atoms with Gasteiger partial charge >= 0.3 is 0 Å². The number of nitrogens with one attached hydrogen (secondary N) is 1. The molecule has 1 N–H and O–H groups in total. The van der Waals surface area contributed by atoms with Crippen molar-refractivity contribution in [3.63, 3.8) is 0 Å². The molecule has 0 amide bonds. The quantitative estimate of drug-likeness (QED) is 0.708. The first-order valence-corrected chi connectivity index (χ1v) is 7.39. The van der Waals surface area contributed by atoms with Gasteiger partial charge in [-0.2, -0.15) is 11.8 Å². The molecule has 16 heavy (non-hydrogen) atoms. The van der Waals surface area contributed by atoms with Crippen LogP contribution in [0.25, 0.3) is 0 Å². The van der Waals surface area contributed by atoms with Crippen LogP contribution in [0.5, 0.6) is 0 Å². The van der Waals surface area contributed by atoms with Crippen molar-refractivity contribution in [3.05, 3.63) is 34.9 Å². The fraction of sp³-hybridized carbons (Fsp3) is 0.538. The SMILES string of the molecule is CCCCNCCSCc1ccccc1Cl. The van der Waals surface area contributed by atoms with Crippen LogP contribution < -0.4 is 5.32 Å². The van der Waals surface area contributed by atoms with Gasteiger partial charge in [0.25, 0.3) is 0 Å². The van der Waals surface area contributed by atoms with Crippen LogP contribution in [0.15, 0.2) is 24.3 Å². The van der Waals surface area contributed by atoms with Crippen LogP contribution in [0.3, 0.4) is 0 Å². The van der Waals surface area contributed by atoms with Gasteiger partial charge in [0, 0.05) is 23.1 Å². The van der Waals surface area contributed by atoms with E-state index in [2.05, 4.69) is 18.3 Å². The molecule has 0 radical (unpaired) electrons. The Morgan fingerprint density at radius 2 is 2.06 bits per heavy atom. The number of unbranched alkanes of at least 4 members (excludes halogenated alkanes) is 1. The van der Waals surface area contributed by atoms with E-state index in [1.54, 1.807) is 0 Å². The third kappa shape index (κ3) is 5.78. The average molecular weight is 258 g/mol. The molecule has 0 spiro atoms. The van der Waals surface area contributed by atoms with Crippen molar-refractivity contribution in [3.8, 4) is 0 Å². The number of rotatable bonds is 8. The molecule has 0 fully saturated rings. The third-order valence-electron chi connectivity index (χ3n) is 2.35. The zero-order valence-corrected chi connectivity index (χ0v) is 11.4. The van der Waals surface area contributed by atoms with Gasteiger partial charge in [-0.25, -0.2) is 0 Å². The summed E-state index contributed by atoms with van der Waals surface area (Å²) in [5.41, 5.74) is 1.24. The van der Waals surface area contributed by atoms with Crippen molar-refractivity contribution in [2.75, 3.05) is 18.8 Å². The highest BCUT2D eigenvalue weighted by Crippen LogP contribution is 2.20. The molecule has 0 aliphatic carbocycles. The Labute approximate surface area is 108 Å². The van der Waals surface area contributed by atoms with E-state index in [-0.39, 0.29) is 0 Å². The lowest BCUT2D eigenvalue weighted by Gasteiger charge is -2.05. The van der Waals surface area contributed by atoms with Gasteiger partial charge in [-0.3, -0.25) is 0 Å². The van der Waals surface area contributed by atoms with E-state index in [4.69, 9.17) is 11.6 Å². The molecule has 3 heteroatoms. The molecule has 0 heterocycles. The smallest absolute Gasteiger partial charge is 0.0446 e. The molecule has 0 unspecified atom stereocenters. The van der Waals surface area contributed by atoms with Gasteiger partial charge in [-0.1, -0.05) is 43.1 Å². The van der Waals surface area contributed by atoms with Crippen molar-refractivity contribution in [2.45, 2.75) is 25.5 Å². The maximum atomic E-state index is 6.08. The first-order valence-electron chi connectivity index (χ1n) is 5.86. The predicted octanol–water partition coefficient (Wildman–Crippen LogP) is 3.96. The van der Waals surface area contributed by atoms with Crippen LogP contribution in [-0.4, -0.2) is 18.8 Å². The highest BCUT2D eigenvalue weighted by atomic mass is 35.5. The monoisotopic (exact) mass is 257 g/mol. The summed E-state index contributed by atoms with van der Waals surface area (Å²) in [6.45, 7) is 4.45. The molecule has 0 aromatic heterocycles. The van der Waals surface area contributed by atoms with Crippen LogP contribution in [0.4, 0.5) is 0 Å². The fourth-order valence-electron chi connectivity index (χ4n) is 1.37. The summed E-state index contributed by atoms with van der Waals surface area (Å²) in [7, 11) is 0. The number of hydrogen-bond acceptors (Lipinski definition) is 2. The average Bonchev–Trinajstić information content (AvgIpc) is 2.30. The highest BCUT2D eigenvalue weighted by Gasteiger charge is 1.98. The molecule has 0 atom stereocenters. The first kappa shape index (κ1) is 13.9. The topological polar surface area (TPSA) is 12.0 Å². The minimum atomic E-state index is 0.883. The lowest BCUT2D eigenvalue weighted by atomic mass is 10.2. The van der Waals surface area contributed by atoms with Gasteiger partial charge in [-0.15, -0.1) is 0 Å². The normalized spacial score (nSPS) is 10.6. The van der Waals surface area contributed by atoms with Gasteiger partial charge in [0.2, 0.25) is 0 Å². The number of benzene rings is 1. The molecule has 90 valence electrons. The molecular formula is C13H20ClNS. The van der Waals surface area contributed by atoms with Gasteiger partial charge in [0.05, 0.1) is 0 Å². The molecule has 0 aliphatic rings. The van der Waals surface area contributed by atoms with E-state index in [9.17, 15) is 0 Å². The van der Waals surface area contributed by atoms with E-state index in [0.29, 0.717) is 0 Å². The molecule has 1 aromatic carbocycles. The number of hydrogen-bond donors (Lipinski definition) is 1. The second kappa shape index (κ2) is 8.91. The van der Waals surface area contributed by atoms with Gasteiger partial charge < -0.3 is 5.32 Å². The maximum absolute atomic E-state index is 6.08. The van der Waals surface area contributed by atoms with Gasteiger partial charge in [-0.05, 0) is 24.6 Å². The van der Waals surface area contributed by atoms with Crippen molar-refractivity contribution >= 4 is 23.4 Å². The van der Waals surface area contributed by atoms with E-state index in [1.807, 2.05) is 30.0 Å². The Hall–Kier alpha value is -0.180. The molecule has 1 aromatic rings. The second-order valence-corrected chi connectivity index (χ2v) is 5.26. The summed E-state index contributed by atoms with van der Waals surface area (Å²) < 4.78 is 0. The first-order chi connectivity index (χ1) is 7.84. The summed E-state index contributed by atoms with van der Waals surface area (Å²) in [5, 5.41) is 4.32. The van der Waals surface area contributed by atoms with Gasteiger partial charge in [0.1, 0.15) is 0 Å². The lowest BCUT2D eigenvalue weighted by Crippen LogP contribution is -2.18. The van der Waals surface area contributed by atoms with Crippen LogP contribution in [0, 0.1) is 0 Å².